The molecule has 3 aromatic rings. The second-order valence-corrected chi connectivity index (χ2v) is 7.20. The van der Waals surface area contributed by atoms with Crippen LogP contribution < -0.4 is 5.32 Å². The smallest absolute Gasteiger partial charge is 0.170 e. The minimum absolute atomic E-state index is 0.00403. The molecule has 138 valence electrons. The standard InChI is InChI=1S/C21H23N5S/c1-3-12-26-20(19(24-21(26)27)16-7-4-5-11-22-16)17-8-6-13-25(17)18-10-9-15(2)14-23-18/h4-11,13-14,19-20H,3,12H2,1-2H3,(H,24,27). The van der Waals surface area contributed by atoms with Gasteiger partial charge in [-0.25, -0.2) is 4.98 Å². The van der Waals surface area contributed by atoms with Crippen LogP contribution in [-0.4, -0.2) is 31.1 Å². The summed E-state index contributed by atoms with van der Waals surface area (Å²) in [7, 11) is 0. The van der Waals surface area contributed by atoms with Gasteiger partial charge in [-0.05, 0) is 61.5 Å². The molecule has 2 unspecified atom stereocenters. The minimum atomic E-state index is 0.00403. The molecule has 0 aromatic carbocycles. The van der Waals surface area contributed by atoms with Gasteiger partial charge in [0.05, 0.1) is 17.8 Å². The third-order valence-electron chi connectivity index (χ3n) is 4.89. The maximum Gasteiger partial charge on any atom is 0.170 e. The summed E-state index contributed by atoms with van der Waals surface area (Å²) in [6.07, 6.45) is 6.82. The second kappa shape index (κ2) is 7.48. The van der Waals surface area contributed by atoms with Crippen molar-refractivity contribution in [3.63, 3.8) is 0 Å². The molecule has 0 spiro atoms. The molecule has 0 amide bonds. The molecule has 6 heteroatoms. The van der Waals surface area contributed by atoms with Gasteiger partial charge in [0, 0.05) is 30.8 Å². The predicted octanol–water partition coefficient (Wildman–Crippen LogP) is 3.96. The zero-order chi connectivity index (χ0) is 18.8. The van der Waals surface area contributed by atoms with E-state index in [2.05, 4.69) is 68.2 Å². The van der Waals surface area contributed by atoms with E-state index in [1.54, 1.807) is 0 Å². The lowest BCUT2D eigenvalue weighted by atomic mass is 10.0. The number of hydrogen-bond donors (Lipinski definition) is 1. The number of hydrogen-bond acceptors (Lipinski definition) is 3. The van der Waals surface area contributed by atoms with Crippen LogP contribution in [0, 0.1) is 6.92 Å². The maximum atomic E-state index is 5.67. The Morgan fingerprint density at radius 1 is 1.11 bits per heavy atom. The van der Waals surface area contributed by atoms with Gasteiger partial charge in [-0.15, -0.1) is 0 Å². The summed E-state index contributed by atoms with van der Waals surface area (Å²) in [5, 5.41) is 4.27. The molecule has 27 heavy (non-hydrogen) atoms. The number of aromatic nitrogens is 3. The molecule has 0 radical (unpaired) electrons. The third kappa shape index (κ3) is 3.32. The Labute approximate surface area is 165 Å². The van der Waals surface area contributed by atoms with E-state index in [-0.39, 0.29) is 12.1 Å². The molecule has 1 saturated heterocycles. The van der Waals surface area contributed by atoms with Crippen LogP contribution in [0.1, 0.15) is 42.4 Å². The zero-order valence-electron chi connectivity index (χ0n) is 15.5. The lowest BCUT2D eigenvalue weighted by Crippen LogP contribution is -2.31. The van der Waals surface area contributed by atoms with Crippen LogP contribution in [0.2, 0.25) is 0 Å². The Morgan fingerprint density at radius 3 is 2.70 bits per heavy atom. The lowest BCUT2D eigenvalue weighted by Gasteiger charge is -2.28. The van der Waals surface area contributed by atoms with Gasteiger partial charge in [-0.3, -0.25) is 4.98 Å². The fourth-order valence-electron chi connectivity index (χ4n) is 3.66. The molecular weight excluding hydrogens is 354 g/mol. The Hall–Kier alpha value is -2.73. The largest absolute Gasteiger partial charge is 0.352 e. The number of pyridine rings is 2. The van der Waals surface area contributed by atoms with E-state index in [4.69, 9.17) is 12.2 Å². The van der Waals surface area contributed by atoms with Crippen LogP contribution in [0.15, 0.2) is 61.1 Å². The molecule has 0 saturated carbocycles. The molecule has 4 rings (SSSR count). The summed E-state index contributed by atoms with van der Waals surface area (Å²) in [5.74, 6) is 0.912. The summed E-state index contributed by atoms with van der Waals surface area (Å²) in [4.78, 5) is 11.5. The fraction of sp³-hybridized carbons (Fsp3) is 0.286. The summed E-state index contributed by atoms with van der Waals surface area (Å²) in [6, 6.07) is 14.4. The first-order chi connectivity index (χ1) is 13.2. The van der Waals surface area contributed by atoms with Crippen LogP contribution >= 0.6 is 12.2 Å². The van der Waals surface area contributed by atoms with Crippen molar-refractivity contribution in [2.75, 3.05) is 6.54 Å². The highest BCUT2D eigenvalue weighted by atomic mass is 32.1. The number of nitrogens with zero attached hydrogens (tertiary/aromatic N) is 4. The first-order valence-corrected chi connectivity index (χ1v) is 9.68. The lowest BCUT2D eigenvalue weighted by molar-refractivity contribution is 0.308. The number of thiocarbonyl (C=S) groups is 1. The SMILES string of the molecule is CCCN1C(=S)NC(c2ccccn2)C1c1cccn1-c1ccc(C)cn1. The van der Waals surface area contributed by atoms with Crippen molar-refractivity contribution in [2.24, 2.45) is 0 Å². The Morgan fingerprint density at radius 2 is 2.00 bits per heavy atom. The molecule has 3 aromatic heterocycles. The van der Waals surface area contributed by atoms with E-state index in [9.17, 15) is 0 Å². The van der Waals surface area contributed by atoms with Gasteiger partial charge >= 0.3 is 0 Å². The van der Waals surface area contributed by atoms with Gasteiger partial charge < -0.3 is 14.8 Å². The summed E-state index contributed by atoms with van der Waals surface area (Å²) < 4.78 is 2.15. The Kier molecular flexibility index (Phi) is 4.90. The number of rotatable bonds is 5. The highest BCUT2D eigenvalue weighted by Gasteiger charge is 2.40. The summed E-state index contributed by atoms with van der Waals surface area (Å²) in [5.41, 5.74) is 3.30. The molecule has 1 aliphatic heterocycles. The second-order valence-electron chi connectivity index (χ2n) is 6.82. The van der Waals surface area contributed by atoms with E-state index in [1.807, 2.05) is 31.5 Å². The summed E-state index contributed by atoms with van der Waals surface area (Å²) >= 11 is 5.67. The Balaban J connectivity index is 1.80. The molecule has 5 nitrogen and oxygen atoms in total. The van der Waals surface area contributed by atoms with E-state index >= 15 is 0 Å². The zero-order valence-corrected chi connectivity index (χ0v) is 16.4. The molecule has 2 atom stereocenters. The molecule has 1 N–H and O–H groups in total. The third-order valence-corrected chi connectivity index (χ3v) is 5.24. The minimum Gasteiger partial charge on any atom is -0.352 e. The van der Waals surface area contributed by atoms with Crippen LogP contribution in [0.4, 0.5) is 0 Å². The highest BCUT2D eigenvalue weighted by Crippen LogP contribution is 2.39. The highest BCUT2D eigenvalue weighted by molar-refractivity contribution is 7.80. The van der Waals surface area contributed by atoms with Crippen LogP contribution in [-0.2, 0) is 0 Å². The van der Waals surface area contributed by atoms with Crippen molar-refractivity contribution in [3.05, 3.63) is 78.0 Å². The van der Waals surface area contributed by atoms with Crippen molar-refractivity contribution in [1.29, 1.82) is 0 Å². The number of aryl methyl sites for hydroxylation is 1. The van der Waals surface area contributed by atoms with Crippen LogP contribution in [0.3, 0.4) is 0 Å². The quantitative estimate of drug-likeness (QED) is 0.682. The van der Waals surface area contributed by atoms with Gasteiger partial charge in [0.2, 0.25) is 0 Å². The fourth-order valence-corrected chi connectivity index (χ4v) is 3.99. The van der Waals surface area contributed by atoms with Crippen LogP contribution in [0.5, 0.6) is 0 Å². The van der Waals surface area contributed by atoms with Gasteiger partial charge in [-0.1, -0.05) is 19.1 Å². The van der Waals surface area contributed by atoms with E-state index in [1.165, 1.54) is 0 Å². The number of nitrogens with one attached hydrogen (secondary N) is 1. The van der Waals surface area contributed by atoms with Gasteiger partial charge in [0.1, 0.15) is 5.82 Å². The van der Waals surface area contributed by atoms with Gasteiger partial charge in [0.25, 0.3) is 0 Å². The maximum absolute atomic E-state index is 5.67. The van der Waals surface area contributed by atoms with Gasteiger partial charge in [-0.2, -0.15) is 0 Å². The first kappa shape index (κ1) is 17.7. The van der Waals surface area contributed by atoms with E-state index in [0.717, 1.165) is 40.8 Å². The molecule has 0 bridgehead atoms. The first-order valence-electron chi connectivity index (χ1n) is 9.27. The van der Waals surface area contributed by atoms with Crippen LogP contribution in [0.25, 0.3) is 5.82 Å². The predicted molar refractivity (Wildman–Crippen MR) is 111 cm³/mol. The Bertz CT molecular complexity index is 919. The topological polar surface area (TPSA) is 46.0 Å². The van der Waals surface area contributed by atoms with Crippen molar-refractivity contribution in [3.8, 4) is 5.82 Å². The van der Waals surface area contributed by atoms with Crippen molar-refractivity contribution < 1.29 is 0 Å². The van der Waals surface area contributed by atoms with Crippen molar-refractivity contribution in [2.45, 2.75) is 32.4 Å². The molecule has 0 aliphatic carbocycles. The monoisotopic (exact) mass is 377 g/mol. The van der Waals surface area contributed by atoms with Crippen molar-refractivity contribution >= 4 is 17.3 Å². The van der Waals surface area contributed by atoms with E-state index in [0.29, 0.717) is 0 Å². The molecule has 1 aliphatic rings. The molecular formula is C21H23N5S. The van der Waals surface area contributed by atoms with E-state index < -0.39 is 0 Å². The normalized spacial score (nSPS) is 19.3. The molecule has 1 fully saturated rings. The summed E-state index contributed by atoms with van der Waals surface area (Å²) in [6.45, 7) is 5.12. The van der Waals surface area contributed by atoms with Crippen molar-refractivity contribution in [1.82, 2.24) is 24.8 Å². The average Bonchev–Trinajstić information content (AvgIpc) is 3.28. The average molecular weight is 378 g/mol. The molecule has 4 heterocycles. The van der Waals surface area contributed by atoms with Gasteiger partial charge in [0.15, 0.2) is 5.11 Å².